The van der Waals surface area contributed by atoms with Crippen LogP contribution in [0.4, 0.5) is 5.69 Å². The van der Waals surface area contributed by atoms with Gasteiger partial charge in [-0.3, -0.25) is 19.5 Å². The highest BCUT2D eigenvalue weighted by atomic mass is 35.5. The third kappa shape index (κ3) is 6.00. The number of nitriles is 1. The maximum Gasteiger partial charge on any atom is 0.326 e. The highest BCUT2D eigenvalue weighted by molar-refractivity contribution is 7.92. The summed E-state index contributed by atoms with van der Waals surface area (Å²) in [5.74, 6) is -2.13. The summed E-state index contributed by atoms with van der Waals surface area (Å²) < 4.78 is 28.6. The molecule has 10 nitrogen and oxygen atoms in total. The summed E-state index contributed by atoms with van der Waals surface area (Å²) in [6, 6.07) is 15.1. The molecule has 1 amide bonds. The Bertz CT molecular complexity index is 1670. The van der Waals surface area contributed by atoms with Gasteiger partial charge in [0.25, 0.3) is 15.9 Å². The lowest BCUT2D eigenvalue weighted by Crippen LogP contribution is -2.42. The van der Waals surface area contributed by atoms with Crippen LogP contribution in [-0.2, 0) is 21.2 Å². The molecule has 4 rings (SSSR count). The lowest BCUT2D eigenvalue weighted by molar-refractivity contribution is -0.139. The fourth-order valence-corrected chi connectivity index (χ4v) is 4.81. The molecule has 4 aromatic rings. The van der Waals surface area contributed by atoms with E-state index in [9.17, 15) is 23.1 Å². The average Bonchev–Trinajstić information content (AvgIpc) is 2.87. The molecule has 0 saturated carbocycles. The van der Waals surface area contributed by atoms with Crippen LogP contribution >= 0.6 is 11.6 Å². The number of hydrogen-bond donors (Lipinski definition) is 3. The number of amides is 1. The standard InChI is InChI=1S/C25H18ClN5O5S/c26-17-4-6-19(24(32)30-23(25(33)34)11-15-2-1-3-16(10-15)14-27)21(12-17)31-37(35,36)18-5-7-20-22(13-18)29-9-8-28-20/h1-10,12-13,23,31H,11H2,(H,30,32)(H,33,34). The lowest BCUT2D eigenvalue weighted by Gasteiger charge is -2.17. The van der Waals surface area contributed by atoms with E-state index in [1.54, 1.807) is 18.2 Å². The minimum atomic E-state index is -4.18. The highest BCUT2D eigenvalue weighted by Gasteiger charge is 2.25. The van der Waals surface area contributed by atoms with Crippen LogP contribution in [-0.4, -0.2) is 41.4 Å². The Labute approximate surface area is 216 Å². The molecule has 3 aromatic carbocycles. The maximum absolute atomic E-state index is 13.1. The summed E-state index contributed by atoms with van der Waals surface area (Å²) in [6.07, 6.45) is 2.82. The Kier molecular flexibility index (Phi) is 7.33. The number of fused-ring (bicyclic) bond motifs is 1. The lowest BCUT2D eigenvalue weighted by atomic mass is 10.0. The molecule has 0 aliphatic heterocycles. The van der Waals surface area contributed by atoms with Gasteiger partial charge in [-0.1, -0.05) is 23.7 Å². The van der Waals surface area contributed by atoms with Gasteiger partial charge in [-0.25, -0.2) is 13.2 Å². The minimum absolute atomic E-state index is 0.0939. The Morgan fingerprint density at radius 3 is 2.51 bits per heavy atom. The van der Waals surface area contributed by atoms with Crippen LogP contribution in [0.15, 0.2) is 78.0 Å². The van der Waals surface area contributed by atoms with Crippen LogP contribution in [0.5, 0.6) is 0 Å². The third-order valence-corrected chi connectivity index (χ3v) is 6.92. The van der Waals surface area contributed by atoms with Crippen molar-refractivity contribution in [2.45, 2.75) is 17.4 Å². The van der Waals surface area contributed by atoms with Crippen LogP contribution in [0.2, 0.25) is 5.02 Å². The minimum Gasteiger partial charge on any atom is -0.480 e. The van der Waals surface area contributed by atoms with E-state index in [1.165, 1.54) is 54.9 Å². The third-order valence-electron chi connectivity index (χ3n) is 5.32. The van der Waals surface area contributed by atoms with Crippen molar-refractivity contribution < 1.29 is 23.1 Å². The fourth-order valence-electron chi connectivity index (χ4n) is 3.55. The van der Waals surface area contributed by atoms with Crippen molar-refractivity contribution in [3.63, 3.8) is 0 Å². The number of anilines is 1. The Balaban J connectivity index is 1.61. The molecule has 12 heteroatoms. The second-order valence-electron chi connectivity index (χ2n) is 7.88. The van der Waals surface area contributed by atoms with Gasteiger partial charge in [-0.05, 0) is 54.1 Å². The highest BCUT2D eigenvalue weighted by Crippen LogP contribution is 2.25. The van der Waals surface area contributed by atoms with Crippen molar-refractivity contribution in [2.24, 2.45) is 0 Å². The molecule has 3 N–H and O–H groups in total. The number of carbonyl (C=O) groups excluding carboxylic acids is 1. The number of benzene rings is 3. The van der Waals surface area contributed by atoms with Crippen molar-refractivity contribution in [3.05, 3.63) is 94.8 Å². The Morgan fingerprint density at radius 2 is 1.78 bits per heavy atom. The van der Waals surface area contributed by atoms with Crippen LogP contribution in [0.3, 0.4) is 0 Å². The molecule has 1 heterocycles. The molecule has 0 saturated heterocycles. The fraction of sp³-hybridized carbons (Fsp3) is 0.0800. The molecule has 0 fully saturated rings. The van der Waals surface area contributed by atoms with Gasteiger partial charge in [-0.15, -0.1) is 0 Å². The van der Waals surface area contributed by atoms with E-state index in [1.807, 2.05) is 6.07 Å². The van der Waals surface area contributed by atoms with Crippen LogP contribution in [0.25, 0.3) is 11.0 Å². The molecule has 0 aliphatic rings. The number of aliphatic carboxylic acids is 1. The number of carbonyl (C=O) groups is 2. The number of sulfonamides is 1. The van der Waals surface area contributed by atoms with Crippen LogP contribution < -0.4 is 10.0 Å². The summed E-state index contributed by atoms with van der Waals surface area (Å²) >= 11 is 6.06. The Morgan fingerprint density at radius 1 is 1.03 bits per heavy atom. The SMILES string of the molecule is N#Cc1cccc(CC(NC(=O)c2ccc(Cl)cc2NS(=O)(=O)c2ccc3nccnc3c2)C(=O)O)c1. The number of carboxylic acid groups (broad SMARTS) is 1. The van der Waals surface area contributed by atoms with Crippen molar-refractivity contribution in [1.29, 1.82) is 5.26 Å². The van der Waals surface area contributed by atoms with Crippen LogP contribution in [0, 0.1) is 11.3 Å². The number of nitrogens with zero attached hydrogens (tertiary/aromatic N) is 3. The largest absolute Gasteiger partial charge is 0.480 e. The molecule has 37 heavy (non-hydrogen) atoms. The topological polar surface area (TPSA) is 162 Å². The monoisotopic (exact) mass is 535 g/mol. The molecule has 0 radical (unpaired) electrons. The number of hydrogen-bond acceptors (Lipinski definition) is 7. The summed E-state index contributed by atoms with van der Waals surface area (Å²) in [7, 11) is -4.18. The zero-order valence-electron chi connectivity index (χ0n) is 18.9. The normalized spacial score (nSPS) is 11.9. The van der Waals surface area contributed by atoms with E-state index >= 15 is 0 Å². The molecule has 0 aliphatic carbocycles. The van der Waals surface area contributed by atoms with Gasteiger partial charge >= 0.3 is 5.97 Å². The maximum atomic E-state index is 13.1. The molecule has 1 aromatic heterocycles. The first kappa shape index (κ1) is 25.6. The first-order chi connectivity index (χ1) is 17.7. The summed E-state index contributed by atoms with van der Waals surface area (Å²) in [4.78, 5) is 33.0. The van der Waals surface area contributed by atoms with E-state index in [-0.39, 0.29) is 27.6 Å². The van der Waals surface area contributed by atoms with Crippen molar-refractivity contribution in [1.82, 2.24) is 15.3 Å². The zero-order valence-corrected chi connectivity index (χ0v) is 20.5. The van der Waals surface area contributed by atoms with Gasteiger partial charge < -0.3 is 10.4 Å². The van der Waals surface area contributed by atoms with Crippen molar-refractivity contribution in [3.8, 4) is 6.07 Å². The summed E-state index contributed by atoms with van der Waals surface area (Å²) in [5, 5.41) is 21.3. The number of halogens is 1. The van der Waals surface area contributed by atoms with Crippen LogP contribution in [0.1, 0.15) is 21.5 Å². The van der Waals surface area contributed by atoms with Gasteiger partial charge in [0, 0.05) is 23.8 Å². The van der Waals surface area contributed by atoms with E-state index < -0.39 is 27.9 Å². The predicted octanol–water partition coefficient (Wildman–Crippen LogP) is 3.38. The van der Waals surface area contributed by atoms with Gasteiger partial charge in [-0.2, -0.15) is 5.26 Å². The molecular weight excluding hydrogens is 518 g/mol. The van der Waals surface area contributed by atoms with E-state index in [4.69, 9.17) is 16.9 Å². The quantitative estimate of drug-likeness (QED) is 0.309. The van der Waals surface area contributed by atoms with E-state index in [0.717, 1.165) is 0 Å². The number of nitrogens with one attached hydrogen (secondary N) is 2. The Hall–Kier alpha value is -4.53. The second-order valence-corrected chi connectivity index (χ2v) is 10.0. The van der Waals surface area contributed by atoms with Gasteiger partial charge in [0.15, 0.2) is 0 Å². The van der Waals surface area contributed by atoms with E-state index in [0.29, 0.717) is 22.2 Å². The molecule has 186 valence electrons. The molecule has 0 bridgehead atoms. The smallest absolute Gasteiger partial charge is 0.326 e. The predicted molar refractivity (Wildman–Crippen MR) is 136 cm³/mol. The zero-order chi connectivity index (χ0) is 26.6. The van der Waals surface area contributed by atoms with Crippen molar-refractivity contribution >= 4 is 50.2 Å². The molecule has 1 unspecified atom stereocenters. The van der Waals surface area contributed by atoms with Crippen molar-refractivity contribution in [2.75, 3.05) is 4.72 Å². The van der Waals surface area contributed by atoms with Gasteiger partial charge in [0.05, 0.1) is 38.8 Å². The van der Waals surface area contributed by atoms with E-state index in [2.05, 4.69) is 20.0 Å². The van der Waals surface area contributed by atoms with Gasteiger partial charge in [0.2, 0.25) is 0 Å². The number of aromatic nitrogens is 2. The molecule has 0 spiro atoms. The first-order valence-electron chi connectivity index (χ1n) is 10.7. The summed E-state index contributed by atoms with van der Waals surface area (Å²) in [5.41, 5.74) is 1.47. The van der Waals surface area contributed by atoms with Gasteiger partial charge in [0.1, 0.15) is 6.04 Å². The average molecular weight is 536 g/mol. The summed E-state index contributed by atoms with van der Waals surface area (Å²) in [6.45, 7) is 0. The first-order valence-corrected chi connectivity index (χ1v) is 12.6. The molecule has 1 atom stereocenters. The number of carboxylic acids is 1. The number of rotatable bonds is 8. The molecular formula is C25H18ClN5O5S. The second kappa shape index (κ2) is 10.6.